The molecule has 0 fully saturated rings. The summed E-state index contributed by atoms with van der Waals surface area (Å²) in [7, 11) is 0. The van der Waals surface area contributed by atoms with Gasteiger partial charge in [-0.3, -0.25) is 0 Å². The molecule has 0 aromatic carbocycles. The largest absolute Gasteiger partial charge is 0.358 e. The molecule has 14 heavy (non-hydrogen) atoms. The highest BCUT2D eigenvalue weighted by molar-refractivity contribution is 8.10. The minimum atomic E-state index is 0.759. The number of nitrogens with zero attached hydrogens (tertiary/aromatic N) is 1. The third kappa shape index (κ3) is 7.63. The summed E-state index contributed by atoms with van der Waals surface area (Å²) in [6, 6.07) is 0. The van der Waals surface area contributed by atoms with Crippen LogP contribution in [0.15, 0.2) is 0 Å². The van der Waals surface area contributed by atoms with Crippen LogP contribution in [0.1, 0.15) is 52.4 Å². The van der Waals surface area contributed by atoms with E-state index in [-0.39, 0.29) is 0 Å². The summed E-state index contributed by atoms with van der Waals surface area (Å²) in [6.45, 7) is 6.60. The van der Waals surface area contributed by atoms with Gasteiger partial charge in [0, 0.05) is 13.1 Å². The first-order valence-corrected chi connectivity index (χ1v) is 6.55. The standard InChI is InChI=1S/C11H23NS2/c1-3-5-7-8-10-12(11(13)14)9-6-4-2/h3-10H2,1-2H3,(H,13,14). The van der Waals surface area contributed by atoms with Gasteiger partial charge in [0.15, 0.2) is 0 Å². The number of hydrogen-bond donors (Lipinski definition) is 1. The van der Waals surface area contributed by atoms with Crippen LogP contribution >= 0.6 is 24.8 Å². The predicted octanol–water partition coefficient (Wildman–Crippen LogP) is 3.88. The minimum absolute atomic E-state index is 0.759. The Balaban J connectivity index is 3.57. The minimum Gasteiger partial charge on any atom is -0.358 e. The first-order chi connectivity index (χ1) is 6.72. The van der Waals surface area contributed by atoms with Crippen molar-refractivity contribution < 1.29 is 0 Å². The molecule has 0 unspecified atom stereocenters. The molecule has 84 valence electrons. The normalized spacial score (nSPS) is 10.2. The predicted molar refractivity (Wildman–Crippen MR) is 72.2 cm³/mol. The Bertz CT molecular complexity index is 148. The van der Waals surface area contributed by atoms with Crippen molar-refractivity contribution in [2.45, 2.75) is 52.4 Å². The van der Waals surface area contributed by atoms with E-state index >= 15 is 0 Å². The van der Waals surface area contributed by atoms with Gasteiger partial charge in [-0.05, 0) is 12.8 Å². The van der Waals surface area contributed by atoms with Crippen LogP contribution in [0, 0.1) is 0 Å². The van der Waals surface area contributed by atoms with Gasteiger partial charge in [0.05, 0.1) is 0 Å². The highest BCUT2D eigenvalue weighted by Gasteiger charge is 2.04. The quantitative estimate of drug-likeness (QED) is 0.385. The molecular formula is C11H23NS2. The molecule has 0 saturated heterocycles. The summed E-state index contributed by atoms with van der Waals surface area (Å²) in [5, 5.41) is 0. The van der Waals surface area contributed by atoms with Gasteiger partial charge in [0.25, 0.3) is 0 Å². The van der Waals surface area contributed by atoms with Crippen molar-refractivity contribution in [3.05, 3.63) is 0 Å². The lowest BCUT2D eigenvalue weighted by Gasteiger charge is -2.22. The van der Waals surface area contributed by atoms with E-state index in [0.29, 0.717) is 0 Å². The Morgan fingerprint density at radius 3 is 2.07 bits per heavy atom. The van der Waals surface area contributed by atoms with Gasteiger partial charge >= 0.3 is 0 Å². The Morgan fingerprint density at radius 2 is 1.57 bits per heavy atom. The van der Waals surface area contributed by atoms with Crippen LogP contribution in [0.4, 0.5) is 0 Å². The van der Waals surface area contributed by atoms with Crippen LogP contribution in [0.2, 0.25) is 0 Å². The third-order valence-electron chi connectivity index (χ3n) is 2.33. The van der Waals surface area contributed by atoms with Crippen molar-refractivity contribution >= 4 is 29.2 Å². The van der Waals surface area contributed by atoms with E-state index < -0.39 is 0 Å². The molecule has 0 aliphatic heterocycles. The van der Waals surface area contributed by atoms with E-state index in [4.69, 9.17) is 12.2 Å². The molecule has 0 rings (SSSR count). The zero-order valence-electron chi connectivity index (χ0n) is 9.46. The number of thiocarbonyl (C=S) groups is 1. The van der Waals surface area contributed by atoms with Crippen molar-refractivity contribution in [1.82, 2.24) is 4.90 Å². The lowest BCUT2D eigenvalue weighted by Crippen LogP contribution is -2.28. The summed E-state index contributed by atoms with van der Waals surface area (Å²) in [5.41, 5.74) is 0. The van der Waals surface area contributed by atoms with E-state index in [0.717, 1.165) is 17.4 Å². The average molecular weight is 233 g/mol. The van der Waals surface area contributed by atoms with Gasteiger partial charge in [-0.1, -0.05) is 51.7 Å². The molecule has 0 heterocycles. The smallest absolute Gasteiger partial charge is 0.133 e. The van der Waals surface area contributed by atoms with Crippen molar-refractivity contribution in [3.8, 4) is 0 Å². The molecule has 0 atom stereocenters. The Morgan fingerprint density at radius 1 is 1.00 bits per heavy atom. The molecule has 0 radical (unpaired) electrons. The second-order valence-corrected chi connectivity index (χ2v) is 4.80. The fraction of sp³-hybridized carbons (Fsp3) is 0.909. The SMILES string of the molecule is CCCCCCN(CCCC)C(=S)S. The fourth-order valence-electron chi connectivity index (χ4n) is 1.38. The highest BCUT2D eigenvalue weighted by Crippen LogP contribution is 2.05. The van der Waals surface area contributed by atoms with E-state index in [1.54, 1.807) is 0 Å². The molecule has 0 spiro atoms. The monoisotopic (exact) mass is 233 g/mol. The number of thiol groups is 1. The lowest BCUT2D eigenvalue weighted by atomic mass is 10.2. The third-order valence-corrected chi connectivity index (χ3v) is 2.87. The van der Waals surface area contributed by atoms with Crippen molar-refractivity contribution in [2.24, 2.45) is 0 Å². The summed E-state index contributed by atoms with van der Waals surface area (Å²) in [5.74, 6) is 0. The first kappa shape index (κ1) is 14.2. The molecule has 0 aliphatic carbocycles. The van der Waals surface area contributed by atoms with Gasteiger partial charge in [-0.2, -0.15) is 0 Å². The molecule has 3 heteroatoms. The van der Waals surface area contributed by atoms with E-state index in [1.165, 1.54) is 38.5 Å². The van der Waals surface area contributed by atoms with Crippen LogP contribution in [-0.4, -0.2) is 22.3 Å². The molecule has 0 aromatic heterocycles. The summed E-state index contributed by atoms with van der Waals surface area (Å²) < 4.78 is 0.759. The van der Waals surface area contributed by atoms with Gasteiger partial charge in [0.1, 0.15) is 4.32 Å². The Hall–Kier alpha value is 0.240. The molecule has 0 bridgehead atoms. The van der Waals surface area contributed by atoms with Crippen LogP contribution in [-0.2, 0) is 0 Å². The summed E-state index contributed by atoms with van der Waals surface area (Å²) in [4.78, 5) is 2.22. The first-order valence-electron chi connectivity index (χ1n) is 5.70. The Labute approximate surface area is 99.7 Å². The highest BCUT2D eigenvalue weighted by atomic mass is 32.1. The van der Waals surface area contributed by atoms with Gasteiger partial charge in [-0.15, -0.1) is 12.6 Å². The number of unbranched alkanes of at least 4 members (excludes halogenated alkanes) is 4. The zero-order valence-corrected chi connectivity index (χ0v) is 11.2. The molecule has 1 nitrogen and oxygen atoms in total. The molecular weight excluding hydrogens is 210 g/mol. The van der Waals surface area contributed by atoms with Crippen LogP contribution in [0.3, 0.4) is 0 Å². The molecule has 0 saturated carbocycles. The van der Waals surface area contributed by atoms with Crippen LogP contribution in [0.25, 0.3) is 0 Å². The zero-order chi connectivity index (χ0) is 10.8. The molecule has 0 aromatic rings. The topological polar surface area (TPSA) is 3.24 Å². The maximum absolute atomic E-state index is 5.10. The van der Waals surface area contributed by atoms with Crippen LogP contribution in [0.5, 0.6) is 0 Å². The van der Waals surface area contributed by atoms with Crippen molar-refractivity contribution in [2.75, 3.05) is 13.1 Å². The lowest BCUT2D eigenvalue weighted by molar-refractivity contribution is 0.404. The van der Waals surface area contributed by atoms with Crippen molar-refractivity contribution in [1.29, 1.82) is 0 Å². The van der Waals surface area contributed by atoms with E-state index in [9.17, 15) is 0 Å². The van der Waals surface area contributed by atoms with Crippen LogP contribution < -0.4 is 0 Å². The number of hydrogen-bond acceptors (Lipinski definition) is 1. The number of rotatable bonds is 8. The summed E-state index contributed by atoms with van der Waals surface area (Å²) >= 11 is 9.35. The summed E-state index contributed by atoms with van der Waals surface area (Å²) in [6.07, 6.45) is 7.63. The molecule has 0 amide bonds. The Kier molecular flexibility index (Phi) is 9.95. The molecule has 0 aliphatic rings. The second-order valence-electron chi connectivity index (χ2n) is 3.68. The maximum atomic E-state index is 5.10. The second kappa shape index (κ2) is 9.78. The van der Waals surface area contributed by atoms with Crippen molar-refractivity contribution in [3.63, 3.8) is 0 Å². The van der Waals surface area contributed by atoms with Gasteiger partial charge in [-0.25, -0.2) is 0 Å². The fourth-order valence-corrected chi connectivity index (χ4v) is 1.76. The molecule has 0 N–H and O–H groups in total. The van der Waals surface area contributed by atoms with Gasteiger partial charge < -0.3 is 4.90 Å². The average Bonchev–Trinajstić information content (AvgIpc) is 2.16. The van der Waals surface area contributed by atoms with E-state index in [1.807, 2.05) is 0 Å². The van der Waals surface area contributed by atoms with Gasteiger partial charge in [0.2, 0.25) is 0 Å². The van der Waals surface area contributed by atoms with E-state index in [2.05, 4.69) is 31.4 Å². The maximum Gasteiger partial charge on any atom is 0.133 e.